The van der Waals surface area contributed by atoms with Gasteiger partial charge >= 0.3 is 0 Å². The van der Waals surface area contributed by atoms with Crippen LogP contribution < -0.4 is 5.73 Å². The summed E-state index contributed by atoms with van der Waals surface area (Å²) in [6, 6.07) is 0.319. The Morgan fingerprint density at radius 3 is 2.62 bits per heavy atom. The zero-order valence-corrected chi connectivity index (χ0v) is 13.6. The first-order valence-corrected chi connectivity index (χ1v) is 8.19. The number of methoxy groups -OCH3 is 1. The zero-order valence-electron chi connectivity index (χ0n) is 13.6. The number of nitrogens with two attached hydrogens (primary N) is 1. The van der Waals surface area contributed by atoms with Crippen molar-refractivity contribution in [1.82, 2.24) is 4.90 Å². The van der Waals surface area contributed by atoms with E-state index in [1.165, 1.54) is 25.7 Å². The number of hydrogen-bond donors (Lipinski definition) is 1. The molecule has 2 aliphatic carbocycles. The van der Waals surface area contributed by atoms with Gasteiger partial charge in [-0.05, 0) is 26.2 Å². The van der Waals surface area contributed by atoms with E-state index in [0.29, 0.717) is 25.1 Å². The summed E-state index contributed by atoms with van der Waals surface area (Å²) in [5.41, 5.74) is 5.82. The minimum Gasteiger partial charge on any atom is -0.380 e. The topological polar surface area (TPSA) is 64.8 Å². The fourth-order valence-corrected chi connectivity index (χ4v) is 4.17. The Bertz CT molecular complexity index is 351. The normalized spacial score (nSPS) is 28.4. The molecule has 0 saturated heterocycles. The number of amides is 1. The van der Waals surface area contributed by atoms with E-state index in [4.69, 9.17) is 15.2 Å². The summed E-state index contributed by atoms with van der Waals surface area (Å²) >= 11 is 0. The summed E-state index contributed by atoms with van der Waals surface area (Å²) in [7, 11) is 3.54. The molecule has 3 unspecified atom stereocenters. The Labute approximate surface area is 128 Å². The van der Waals surface area contributed by atoms with Crippen LogP contribution in [0.3, 0.4) is 0 Å². The van der Waals surface area contributed by atoms with Crippen LogP contribution in [-0.2, 0) is 14.3 Å². The van der Waals surface area contributed by atoms with Crippen molar-refractivity contribution >= 4 is 5.91 Å². The molecule has 5 nitrogen and oxygen atoms in total. The molecule has 2 aliphatic rings. The fraction of sp³-hybridized carbons (Fsp3) is 0.938. The third kappa shape index (κ3) is 3.10. The molecule has 1 amide bonds. The summed E-state index contributed by atoms with van der Waals surface area (Å²) in [6.45, 7) is 3.19. The lowest BCUT2D eigenvalue weighted by Gasteiger charge is -2.57. The summed E-state index contributed by atoms with van der Waals surface area (Å²) < 4.78 is 11.1. The predicted octanol–water partition coefficient (Wildman–Crippen LogP) is 1.55. The molecular weight excluding hydrogens is 268 g/mol. The Kier molecular flexibility index (Phi) is 5.63. The highest BCUT2D eigenvalue weighted by Gasteiger charge is 2.58. The standard InChI is InChI=1S/C16H30N2O3/c1-4-21-14-10-13(16(14)7-5-6-8-16)18(2)15(19)9-12(11-17)20-3/h12-14H,4-11,17H2,1-3H3. The van der Waals surface area contributed by atoms with Gasteiger partial charge in [0.2, 0.25) is 5.91 Å². The Morgan fingerprint density at radius 1 is 1.43 bits per heavy atom. The number of hydrogen-bond acceptors (Lipinski definition) is 4. The van der Waals surface area contributed by atoms with Crippen LogP contribution in [-0.4, -0.2) is 56.4 Å². The molecule has 122 valence electrons. The van der Waals surface area contributed by atoms with E-state index < -0.39 is 0 Å². The second kappa shape index (κ2) is 7.07. The smallest absolute Gasteiger partial charge is 0.225 e. The average molecular weight is 298 g/mol. The van der Waals surface area contributed by atoms with Gasteiger partial charge in [-0.1, -0.05) is 12.8 Å². The number of carbonyl (C=O) groups is 1. The molecule has 0 aliphatic heterocycles. The number of nitrogens with zero attached hydrogens (tertiary/aromatic N) is 1. The molecule has 1 spiro atoms. The first-order chi connectivity index (χ1) is 10.1. The van der Waals surface area contributed by atoms with Crippen LogP contribution in [0, 0.1) is 5.41 Å². The maximum absolute atomic E-state index is 12.5. The Hall–Kier alpha value is -0.650. The van der Waals surface area contributed by atoms with Crippen LogP contribution in [0.1, 0.15) is 45.4 Å². The van der Waals surface area contributed by atoms with E-state index in [0.717, 1.165) is 13.0 Å². The number of carbonyl (C=O) groups excluding carboxylic acids is 1. The lowest BCUT2D eigenvalue weighted by atomic mass is 9.60. The molecule has 2 N–H and O–H groups in total. The third-order valence-corrected chi connectivity index (χ3v) is 5.50. The van der Waals surface area contributed by atoms with Crippen molar-refractivity contribution in [3.8, 4) is 0 Å². The minimum absolute atomic E-state index is 0.138. The molecule has 0 aromatic carbocycles. The molecule has 2 fully saturated rings. The second-order valence-electron chi connectivity index (χ2n) is 6.44. The van der Waals surface area contributed by atoms with Gasteiger partial charge in [-0.3, -0.25) is 4.79 Å². The maximum atomic E-state index is 12.5. The Balaban J connectivity index is 1.99. The fourth-order valence-electron chi connectivity index (χ4n) is 4.17. The highest BCUT2D eigenvalue weighted by molar-refractivity contribution is 5.77. The van der Waals surface area contributed by atoms with E-state index in [1.807, 2.05) is 11.9 Å². The van der Waals surface area contributed by atoms with Crippen LogP contribution in [0.25, 0.3) is 0 Å². The van der Waals surface area contributed by atoms with Crippen molar-refractivity contribution in [2.75, 3.05) is 27.3 Å². The van der Waals surface area contributed by atoms with Gasteiger partial charge in [-0.15, -0.1) is 0 Å². The number of rotatable bonds is 7. The second-order valence-corrected chi connectivity index (χ2v) is 6.44. The lowest BCUT2D eigenvalue weighted by molar-refractivity contribution is -0.173. The van der Waals surface area contributed by atoms with Crippen LogP contribution in [0.4, 0.5) is 0 Å². The van der Waals surface area contributed by atoms with Gasteiger partial charge in [0.25, 0.3) is 0 Å². The monoisotopic (exact) mass is 298 g/mol. The number of ether oxygens (including phenoxy) is 2. The largest absolute Gasteiger partial charge is 0.380 e. The van der Waals surface area contributed by atoms with Crippen LogP contribution >= 0.6 is 0 Å². The summed E-state index contributed by atoms with van der Waals surface area (Å²) in [5, 5.41) is 0. The van der Waals surface area contributed by atoms with E-state index in [1.54, 1.807) is 7.11 Å². The van der Waals surface area contributed by atoms with Crippen LogP contribution in [0.5, 0.6) is 0 Å². The summed E-state index contributed by atoms with van der Waals surface area (Å²) in [5.74, 6) is 0.138. The third-order valence-electron chi connectivity index (χ3n) is 5.50. The van der Waals surface area contributed by atoms with Gasteiger partial charge in [-0.25, -0.2) is 0 Å². The molecular formula is C16H30N2O3. The predicted molar refractivity (Wildman–Crippen MR) is 82.0 cm³/mol. The molecule has 3 atom stereocenters. The van der Waals surface area contributed by atoms with Crippen molar-refractivity contribution in [3.05, 3.63) is 0 Å². The van der Waals surface area contributed by atoms with Gasteiger partial charge in [0, 0.05) is 38.8 Å². The highest BCUT2D eigenvalue weighted by Crippen LogP contribution is 2.56. The quantitative estimate of drug-likeness (QED) is 0.774. The molecule has 0 radical (unpaired) electrons. The van der Waals surface area contributed by atoms with Gasteiger partial charge in [-0.2, -0.15) is 0 Å². The van der Waals surface area contributed by atoms with E-state index in [2.05, 4.69) is 6.92 Å². The molecule has 0 aromatic rings. The van der Waals surface area contributed by atoms with Gasteiger partial charge in [0.05, 0.1) is 18.6 Å². The van der Waals surface area contributed by atoms with Crippen LogP contribution in [0.2, 0.25) is 0 Å². The summed E-state index contributed by atoms with van der Waals surface area (Å²) in [6.07, 6.45) is 6.37. The average Bonchev–Trinajstić information content (AvgIpc) is 3.00. The minimum atomic E-state index is -0.178. The van der Waals surface area contributed by atoms with Gasteiger partial charge < -0.3 is 20.1 Å². The molecule has 21 heavy (non-hydrogen) atoms. The van der Waals surface area contributed by atoms with E-state index >= 15 is 0 Å². The van der Waals surface area contributed by atoms with Crippen molar-refractivity contribution in [2.24, 2.45) is 11.1 Å². The Morgan fingerprint density at radius 2 is 2.10 bits per heavy atom. The first kappa shape index (κ1) is 16.7. The lowest BCUT2D eigenvalue weighted by Crippen LogP contribution is -2.64. The van der Waals surface area contributed by atoms with Gasteiger partial charge in [0.1, 0.15) is 0 Å². The molecule has 0 aromatic heterocycles. The zero-order chi connectivity index (χ0) is 15.5. The SMILES string of the molecule is CCOC1CC(N(C)C(=O)CC(CN)OC)C12CCCC2. The van der Waals surface area contributed by atoms with Crippen molar-refractivity contribution < 1.29 is 14.3 Å². The van der Waals surface area contributed by atoms with E-state index in [9.17, 15) is 4.79 Å². The van der Waals surface area contributed by atoms with Crippen molar-refractivity contribution in [3.63, 3.8) is 0 Å². The summed E-state index contributed by atoms with van der Waals surface area (Å²) in [4.78, 5) is 14.4. The maximum Gasteiger partial charge on any atom is 0.225 e. The van der Waals surface area contributed by atoms with Crippen molar-refractivity contribution in [1.29, 1.82) is 0 Å². The van der Waals surface area contributed by atoms with E-state index in [-0.39, 0.29) is 17.4 Å². The molecule has 0 heterocycles. The molecule has 2 saturated carbocycles. The molecule has 2 rings (SSSR count). The molecule has 0 bridgehead atoms. The first-order valence-electron chi connectivity index (χ1n) is 8.19. The van der Waals surface area contributed by atoms with Gasteiger partial charge in [0.15, 0.2) is 0 Å². The highest BCUT2D eigenvalue weighted by atomic mass is 16.5. The van der Waals surface area contributed by atoms with Crippen molar-refractivity contribution in [2.45, 2.75) is 63.7 Å². The molecule has 5 heteroatoms. The van der Waals surface area contributed by atoms with Crippen LogP contribution in [0.15, 0.2) is 0 Å².